The zero-order valence-corrected chi connectivity index (χ0v) is 30.5. The first kappa shape index (κ1) is 30.9. The van der Waals surface area contributed by atoms with Crippen LogP contribution in [0.25, 0.3) is 109 Å². The second kappa shape index (κ2) is 12.5. The van der Waals surface area contributed by atoms with Crippen LogP contribution in [0.3, 0.4) is 0 Å². The molecule has 3 aromatic heterocycles. The molecule has 8 aromatic carbocycles. The van der Waals surface area contributed by atoms with Crippen molar-refractivity contribution in [2.24, 2.45) is 0 Å². The van der Waals surface area contributed by atoms with Gasteiger partial charge in [-0.05, 0) is 6.07 Å². The van der Waals surface area contributed by atoms with Crippen LogP contribution in [0.4, 0.5) is 0 Å². The number of hydrogen-bond acceptors (Lipinski definition) is 5. The van der Waals surface area contributed by atoms with Crippen LogP contribution in [0.2, 0.25) is 0 Å². The monoisotopic (exact) mass is 756 g/mol. The van der Waals surface area contributed by atoms with Crippen molar-refractivity contribution in [1.82, 2.24) is 19.9 Å². The van der Waals surface area contributed by atoms with Gasteiger partial charge in [0.25, 0.3) is 0 Å². The number of rotatable bonds is 5. The maximum atomic E-state index is 6.41. The molecular formula is C48H28N4OSe. The molecule has 0 fully saturated rings. The summed E-state index contributed by atoms with van der Waals surface area (Å²) in [7, 11) is 0. The van der Waals surface area contributed by atoms with Gasteiger partial charge in [-0.1, -0.05) is 48.5 Å². The quantitative estimate of drug-likeness (QED) is 0.164. The summed E-state index contributed by atoms with van der Waals surface area (Å²) in [5.41, 5.74) is 8.77. The third kappa shape index (κ3) is 5.23. The van der Waals surface area contributed by atoms with Crippen LogP contribution < -0.4 is 0 Å². The topological polar surface area (TPSA) is 64.7 Å². The fourth-order valence-corrected chi connectivity index (χ4v) is 9.71. The van der Waals surface area contributed by atoms with E-state index in [2.05, 4.69) is 109 Å². The molecule has 0 atom stereocenters. The summed E-state index contributed by atoms with van der Waals surface area (Å²) >= 11 is 0.0790. The van der Waals surface area contributed by atoms with E-state index < -0.39 is 0 Å². The predicted molar refractivity (Wildman–Crippen MR) is 222 cm³/mol. The van der Waals surface area contributed by atoms with Crippen molar-refractivity contribution in [3.8, 4) is 55.4 Å². The predicted octanol–water partition coefficient (Wildman–Crippen LogP) is 12.0. The number of aromatic nitrogens is 4. The summed E-state index contributed by atoms with van der Waals surface area (Å²) in [5, 5.41) is 7.06. The SMILES string of the molecule is c1ccc(-c2nc(-c3cccc(-c4ccc5ccc6nc(-c7ccc8ccccc8c7)[se]c6c5c4)c3)nc(-c3cccc4c3oc3ccccc34)n2)cc1. The van der Waals surface area contributed by atoms with Gasteiger partial charge in [0, 0.05) is 10.8 Å². The molecule has 6 heteroatoms. The first-order valence-electron chi connectivity index (χ1n) is 17.9. The van der Waals surface area contributed by atoms with Crippen LogP contribution in [0.5, 0.6) is 0 Å². The van der Waals surface area contributed by atoms with Gasteiger partial charge >= 0.3 is 242 Å². The van der Waals surface area contributed by atoms with Gasteiger partial charge in [0.2, 0.25) is 0 Å². The molecule has 0 amide bonds. The Hall–Kier alpha value is -6.72. The zero-order valence-electron chi connectivity index (χ0n) is 28.8. The van der Waals surface area contributed by atoms with E-state index in [0.717, 1.165) is 55.3 Å². The van der Waals surface area contributed by atoms with Crippen molar-refractivity contribution >= 4 is 67.8 Å². The molecule has 0 aliphatic heterocycles. The van der Waals surface area contributed by atoms with Gasteiger partial charge in [0.1, 0.15) is 5.58 Å². The summed E-state index contributed by atoms with van der Waals surface area (Å²) in [6.45, 7) is 0. The number of nitrogens with zero attached hydrogens (tertiary/aromatic N) is 4. The molecule has 0 spiro atoms. The molecule has 11 aromatic rings. The fraction of sp³-hybridized carbons (Fsp3) is 0. The van der Waals surface area contributed by atoms with E-state index in [9.17, 15) is 0 Å². The van der Waals surface area contributed by atoms with E-state index in [0.29, 0.717) is 17.5 Å². The van der Waals surface area contributed by atoms with E-state index in [4.69, 9.17) is 24.4 Å². The Morgan fingerprint density at radius 1 is 0.389 bits per heavy atom. The molecule has 0 aliphatic rings. The standard InChI is InChI=1S/C48H28N4OSe/c1-2-11-31(12-3-1)45-50-46(52-47(51-45)39-18-9-17-38-37-16-6-7-19-42(37)53-43(38)39)35-15-8-14-33(26-35)34-22-21-30-24-25-41-44(40(30)28-34)54-48(49-41)36-23-20-29-10-4-5-13-32(29)27-36/h1-28H. The van der Waals surface area contributed by atoms with E-state index >= 15 is 0 Å². The third-order valence-corrected chi connectivity index (χ3v) is 12.6. The fourth-order valence-electron chi connectivity index (χ4n) is 7.43. The van der Waals surface area contributed by atoms with E-state index in [-0.39, 0.29) is 14.5 Å². The summed E-state index contributed by atoms with van der Waals surface area (Å²) in [6.07, 6.45) is 0. The summed E-state index contributed by atoms with van der Waals surface area (Å²) in [4.78, 5) is 20.3. The Labute approximate surface area is 316 Å². The van der Waals surface area contributed by atoms with Crippen LogP contribution >= 0.6 is 0 Å². The van der Waals surface area contributed by atoms with Crippen molar-refractivity contribution in [1.29, 1.82) is 0 Å². The molecule has 0 aliphatic carbocycles. The van der Waals surface area contributed by atoms with Crippen molar-refractivity contribution < 1.29 is 4.42 Å². The van der Waals surface area contributed by atoms with Gasteiger partial charge in [-0.2, -0.15) is 0 Å². The summed E-state index contributed by atoms with van der Waals surface area (Å²) < 4.78 is 8.91. The van der Waals surface area contributed by atoms with Crippen LogP contribution in [0.15, 0.2) is 174 Å². The molecule has 0 radical (unpaired) electrons. The molecular weight excluding hydrogens is 728 g/mol. The number of fused-ring (bicyclic) bond motifs is 7. The van der Waals surface area contributed by atoms with Crippen molar-refractivity contribution in [2.45, 2.75) is 0 Å². The summed E-state index contributed by atoms with van der Waals surface area (Å²) in [5.74, 6) is 1.78. The molecule has 0 N–H and O–H groups in total. The van der Waals surface area contributed by atoms with Crippen LogP contribution in [0.1, 0.15) is 0 Å². The third-order valence-electron chi connectivity index (χ3n) is 10.1. The Morgan fingerprint density at radius 2 is 1.06 bits per heavy atom. The van der Waals surface area contributed by atoms with Gasteiger partial charge in [0.05, 0.1) is 0 Å². The van der Waals surface area contributed by atoms with Crippen molar-refractivity contribution in [3.63, 3.8) is 0 Å². The Morgan fingerprint density at radius 3 is 1.98 bits per heavy atom. The average Bonchev–Trinajstić information content (AvgIpc) is 3.86. The van der Waals surface area contributed by atoms with Crippen molar-refractivity contribution in [3.05, 3.63) is 170 Å². The molecule has 3 heterocycles. The number of furan rings is 1. The number of benzene rings is 8. The average molecular weight is 756 g/mol. The van der Waals surface area contributed by atoms with Crippen LogP contribution in [0, 0.1) is 0 Å². The zero-order chi connectivity index (χ0) is 35.6. The number of para-hydroxylation sites is 2. The van der Waals surface area contributed by atoms with Gasteiger partial charge in [-0.15, -0.1) is 0 Å². The number of hydrogen-bond donors (Lipinski definition) is 0. The molecule has 11 rings (SSSR count). The van der Waals surface area contributed by atoms with Gasteiger partial charge in [-0.3, -0.25) is 0 Å². The summed E-state index contributed by atoms with van der Waals surface area (Å²) in [6, 6.07) is 59.2. The smallest absolute Gasteiger partial charge is 0.0615 e. The maximum absolute atomic E-state index is 6.41. The Bertz CT molecular complexity index is 3240. The van der Waals surface area contributed by atoms with E-state index in [1.807, 2.05) is 60.7 Å². The second-order valence-electron chi connectivity index (χ2n) is 13.5. The van der Waals surface area contributed by atoms with Crippen LogP contribution in [-0.2, 0) is 0 Å². The van der Waals surface area contributed by atoms with E-state index in [1.54, 1.807) is 0 Å². The molecule has 0 bridgehead atoms. The van der Waals surface area contributed by atoms with E-state index in [1.165, 1.54) is 35.9 Å². The van der Waals surface area contributed by atoms with Crippen molar-refractivity contribution in [2.75, 3.05) is 0 Å². The molecule has 0 saturated heterocycles. The first-order chi connectivity index (χ1) is 26.7. The molecule has 252 valence electrons. The normalized spacial score (nSPS) is 11.7. The Balaban J connectivity index is 1.03. The van der Waals surface area contributed by atoms with Crippen LogP contribution in [-0.4, -0.2) is 34.4 Å². The molecule has 5 nitrogen and oxygen atoms in total. The molecule has 54 heavy (non-hydrogen) atoms. The van der Waals surface area contributed by atoms with Gasteiger partial charge in [-0.25, -0.2) is 0 Å². The molecule has 0 unspecified atom stereocenters. The first-order valence-corrected chi connectivity index (χ1v) is 19.6. The molecule has 0 saturated carbocycles. The Kier molecular flexibility index (Phi) is 7.12. The minimum Gasteiger partial charge on any atom is -0.0615 e. The van der Waals surface area contributed by atoms with Gasteiger partial charge in [0.15, 0.2) is 0 Å². The minimum atomic E-state index is 0.0790. The second-order valence-corrected chi connectivity index (χ2v) is 15.6. The minimum absolute atomic E-state index is 0.0790. The van der Waals surface area contributed by atoms with Gasteiger partial charge < -0.3 is 4.42 Å².